The third kappa shape index (κ3) is 4.44. The van der Waals surface area contributed by atoms with Crippen molar-refractivity contribution < 1.29 is 0 Å². The highest BCUT2D eigenvalue weighted by molar-refractivity contribution is 5.93. The van der Waals surface area contributed by atoms with Crippen molar-refractivity contribution in [3.05, 3.63) is 66.9 Å². The van der Waals surface area contributed by atoms with E-state index in [2.05, 4.69) is 63.4 Å². The predicted octanol–water partition coefficient (Wildman–Crippen LogP) is 3.35. The first-order valence-corrected chi connectivity index (χ1v) is 8.01. The van der Waals surface area contributed by atoms with E-state index in [0.717, 1.165) is 32.0 Å². The average Bonchev–Trinajstić information content (AvgIpc) is 2.62. The Labute approximate surface area is 136 Å². The summed E-state index contributed by atoms with van der Waals surface area (Å²) in [7, 11) is 0. The Morgan fingerprint density at radius 3 is 2.35 bits per heavy atom. The second kappa shape index (κ2) is 8.15. The predicted molar refractivity (Wildman–Crippen MR) is 98.0 cm³/mol. The van der Waals surface area contributed by atoms with Gasteiger partial charge in [-0.2, -0.15) is 0 Å². The molecule has 0 aliphatic rings. The highest BCUT2D eigenvalue weighted by Crippen LogP contribution is 2.22. The molecule has 0 bridgehead atoms. The van der Waals surface area contributed by atoms with E-state index in [4.69, 9.17) is 0 Å². The molecule has 118 valence electrons. The lowest BCUT2D eigenvalue weighted by molar-refractivity contribution is 0.718. The van der Waals surface area contributed by atoms with Crippen molar-refractivity contribution in [1.29, 1.82) is 0 Å². The molecule has 3 aromatic rings. The van der Waals surface area contributed by atoms with E-state index in [9.17, 15) is 0 Å². The van der Waals surface area contributed by atoms with Gasteiger partial charge in [-0.1, -0.05) is 42.5 Å². The van der Waals surface area contributed by atoms with Crippen LogP contribution in [0, 0.1) is 0 Å². The van der Waals surface area contributed by atoms with Gasteiger partial charge >= 0.3 is 0 Å². The number of pyridine rings is 1. The lowest BCUT2D eigenvalue weighted by Crippen LogP contribution is -2.27. The molecule has 0 spiro atoms. The maximum atomic E-state index is 4.23. The third-order valence-electron chi connectivity index (χ3n) is 3.68. The van der Waals surface area contributed by atoms with E-state index in [-0.39, 0.29) is 0 Å². The average molecular weight is 306 g/mol. The summed E-state index contributed by atoms with van der Waals surface area (Å²) in [4.78, 5) is 4.23. The van der Waals surface area contributed by atoms with Gasteiger partial charge in [-0.05, 0) is 23.6 Å². The lowest BCUT2D eigenvalue weighted by atomic mass is 10.1. The highest BCUT2D eigenvalue weighted by Gasteiger charge is 1.98. The third-order valence-corrected chi connectivity index (χ3v) is 3.68. The molecule has 0 saturated heterocycles. The van der Waals surface area contributed by atoms with Crippen LogP contribution in [0.4, 0.5) is 11.5 Å². The summed E-state index contributed by atoms with van der Waals surface area (Å²) in [6, 6.07) is 20.7. The van der Waals surface area contributed by atoms with Crippen molar-refractivity contribution in [2.75, 3.05) is 36.8 Å². The molecule has 3 rings (SSSR count). The largest absolute Gasteiger partial charge is 0.383 e. The van der Waals surface area contributed by atoms with Gasteiger partial charge in [0.25, 0.3) is 0 Å². The number of hydrogen-bond acceptors (Lipinski definition) is 4. The fourth-order valence-corrected chi connectivity index (χ4v) is 2.54. The first-order chi connectivity index (χ1) is 11.4. The molecular formula is C19H22N4. The highest BCUT2D eigenvalue weighted by atomic mass is 15.0. The molecule has 0 amide bonds. The van der Waals surface area contributed by atoms with Gasteiger partial charge in [0.1, 0.15) is 5.82 Å². The normalized spacial score (nSPS) is 10.6. The van der Waals surface area contributed by atoms with Crippen molar-refractivity contribution in [2.45, 2.75) is 0 Å². The van der Waals surface area contributed by atoms with Gasteiger partial charge in [-0.15, -0.1) is 0 Å². The monoisotopic (exact) mass is 306 g/mol. The number of anilines is 2. The molecule has 0 aliphatic carbocycles. The van der Waals surface area contributed by atoms with Gasteiger partial charge in [0.2, 0.25) is 0 Å². The number of hydrogen-bond donors (Lipinski definition) is 3. The molecule has 1 aromatic heterocycles. The molecule has 0 fully saturated rings. The van der Waals surface area contributed by atoms with Crippen molar-refractivity contribution >= 4 is 22.3 Å². The Kier molecular flexibility index (Phi) is 5.43. The summed E-state index contributed by atoms with van der Waals surface area (Å²) >= 11 is 0. The van der Waals surface area contributed by atoms with Gasteiger partial charge < -0.3 is 16.0 Å². The summed E-state index contributed by atoms with van der Waals surface area (Å²) in [5.41, 5.74) is 1.19. The van der Waals surface area contributed by atoms with E-state index < -0.39 is 0 Å². The van der Waals surface area contributed by atoms with E-state index >= 15 is 0 Å². The molecule has 0 unspecified atom stereocenters. The molecule has 2 aromatic carbocycles. The minimum Gasteiger partial charge on any atom is -0.383 e. The summed E-state index contributed by atoms with van der Waals surface area (Å²) in [6.07, 6.45) is 1.80. The van der Waals surface area contributed by atoms with Gasteiger partial charge in [0.05, 0.1) is 0 Å². The van der Waals surface area contributed by atoms with Crippen molar-refractivity contribution in [3.63, 3.8) is 0 Å². The quantitative estimate of drug-likeness (QED) is 0.559. The number of fused-ring (bicyclic) bond motifs is 1. The number of nitrogens with one attached hydrogen (secondary N) is 3. The molecule has 23 heavy (non-hydrogen) atoms. The van der Waals surface area contributed by atoms with E-state index in [1.165, 1.54) is 16.5 Å². The van der Waals surface area contributed by atoms with Crippen LogP contribution in [0.25, 0.3) is 10.8 Å². The van der Waals surface area contributed by atoms with Crippen molar-refractivity contribution in [3.8, 4) is 0 Å². The maximum Gasteiger partial charge on any atom is 0.125 e. The van der Waals surface area contributed by atoms with Crippen molar-refractivity contribution in [2.24, 2.45) is 0 Å². The second-order valence-corrected chi connectivity index (χ2v) is 5.35. The minimum absolute atomic E-state index is 0.866. The fraction of sp³-hybridized carbons (Fsp3) is 0.211. The molecule has 3 N–H and O–H groups in total. The van der Waals surface area contributed by atoms with Crippen LogP contribution in [0.2, 0.25) is 0 Å². The first kappa shape index (κ1) is 15.3. The smallest absolute Gasteiger partial charge is 0.125 e. The van der Waals surface area contributed by atoms with Gasteiger partial charge in [0.15, 0.2) is 0 Å². The van der Waals surface area contributed by atoms with Crippen molar-refractivity contribution in [1.82, 2.24) is 10.3 Å². The van der Waals surface area contributed by atoms with Gasteiger partial charge in [0, 0.05) is 43.4 Å². The summed E-state index contributed by atoms with van der Waals surface area (Å²) in [5, 5.41) is 12.7. The van der Waals surface area contributed by atoms with Crippen LogP contribution in [0.1, 0.15) is 0 Å². The van der Waals surface area contributed by atoms with Crippen LogP contribution < -0.4 is 16.0 Å². The number of rotatable bonds is 8. The fourth-order valence-electron chi connectivity index (χ4n) is 2.54. The topological polar surface area (TPSA) is 49.0 Å². The zero-order valence-electron chi connectivity index (χ0n) is 13.1. The number of aromatic nitrogens is 1. The number of benzene rings is 2. The molecular weight excluding hydrogens is 284 g/mol. The molecule has 4 nitrogen and oxygen atoms in total. The van der Waals surface area contributed by atoms with Crippen LogP contribution in [-0.4, -0.2) is 31.2 Å². The Morgan fingerprint density at radius 1 is 0.696 bits per heavy atom. The zero-order chi connectivity index (χ0) is 15.7. The first-order valence-electron chi connectivity index (χ1n) is 8.01. The second-order valence-electron chi connectivity index (χ2n) is 5.35. The van der Waals surface area contributed by atoms with Crippen LogP contribution in [0.15, 0.2) is 66.9 Å². The summed E-state index contributed by atoms with van der Waals surface area (Å²) in [5.74, 6) is 0.920. The van der Waals surface area contributed by atoms with Gasteiger partial charge in [-0.25, -0.2) is 4.98 Å². The minimum atomic E-state index is 0.866. The Bertz CT molecular complexity index is 722. The molecule has 0 radical (unpaired) electrons. The van der Waals surface area contributed by atoms with Crippen LogP contribution in [0.3, 0.4) is 0 Å². The summed E-state index contributed by atoms with van der Waals surface area (Å²) < 4.78 is 0. The van der Waals surface area contributed by atoms with Crippen LogP contribution >= 0.6 is 0 Å². The maximum absolute atomic E-state index is 4.23. The Balaban J connectivity index is 1.37. The van der Waals surface area contributed by atoms with Crippen LogP contribution in [0.5, 0.6) is 0 Å². The van der Waals surface area contributed by atoms with Gasteiger partial charge in [-0.3, -0.25) is 0 Å². The summed E-state index contributed by atoms with van der Waals surface area (Å²) in [6.45, 7) is 3.60. The zero-order valence-corrected chi connectivity index (χ0v) is 13.1. The lowest BCUT2D eigenvalue weighted by Gasteiger charge is -2.11. The molecule has 0 aliphatic heterocycles. The molecule has 4 heteroatoms. The molecule has 1 heterocycles. The van der Waals surface area contributed by atoms with E-state index in [0.29, 0.717) is 0 Å². The Morgan fingerprint density at radius 2 is 1.48 bits per heavy atom. The van der Waals surface area contributed by atoms with E-state index in [1.807, 2.05) is 18.2 Å². The Hall–Kier alpha value is -2.59. The number of nitrogens with zero attached hydrogens (tertiary/aromatic N) is 1. The van der Waals surface area contributed by atoms with E-state index in [1.54, 1.807) is 6.20 Å². The molecule has 0 atom stereocenters. The SMILES string of the molecule is c1ccc(NCCNCCNc2cccc3ccccc23)nc1. The molecule has 0 saturated carbocycles. The standard InChI is InChI=1S/C19H22N4/c1-2-8-17-16(6-1)7-5-9-18(17)21-14-12-20-13-15-23-19-10-3-4-11-22-19/h1-11,20-21H,12-15H2,(H,22,23). The van der Waals surface area contributed by atoms with Crippen LogP contribution in [-0.2, 0) is 0 Å².